The summed E-state index contributed by atoms with van der Waals surface area (Å²) >= 11 is 0. The van der Waals surface area contributed by atoms with Gasteiger partial charge in [-0.25, -0.2) is 0 Å². The first-order valence-corrected chi connectivity index (χ1v) is 20.4. The number of aryl methyl sites for hydroxylation is 2. The van der Waals surface area contributed by atoms with E-state index in [1.165, 1.54) is 204 Å². The summed E-state index contributed by atoms with van der Waals surface area (Å²) in [5.74, 6) is 0. The third-order valence-corrected chi connectivity index (χ3v) is 9.79. The minimum absolute atomic E-state index is 0.941. The van der Waals surface area contributed by atoms with Gasteiger partial charge in [0.05, 0.1) is 11.4 Å². The summed E-state index contributed by atoms with van der Waals surface area (Å²) in [6.07, 6.45) is 42.0. The zero-order valence-electron chi connectivity index (χ0n) is 30.7. The fraction of sp³-hybridized carbons (Fsp3) is 0.727. The molecule has 0 N–H and O–H groups in total. The lowest BCUT2D eigenvalue weighted by Crippen LogP contribution is -1.86. The first-order valence-electron chi connectivity index (χ1n) is 20.4. The van der Waals surface area contributed by atoms with Gasteiger partial charge in [-0.15, -0.1) is 0 Å². The summed E-state index contributed by atoms with van der Waals surface area (Å²) < 4.78 is 0. The van der Waals surface area contributed by atoms with Gasteiger partial charge in [-0.1, -0.05) is 205 Å². The van der Waals surface area contributed by atoms with Gasteiger partial charge in [0, 0.05) is 0 Å². The summed E-state index contributed by atoms with van der Waals surface area (Å²) in [5, 5.41) is 8.98. The van der Waals surface area contributed by atoms with Gasteiger partial charge >= 0.3 is 0 Å². The average Bonchev–Trinajstić information content (AvgIpc) is 3.08. The van der Waals surface area contributed by atoms with E-state index in [1.807, 2.05) is 0 Å². The van der Waals surface area contributed by atoms with Crippen LogP contribution in [0.25, 0.3) is 0 Å². The summed E-state index contributed by atoms with van der Waals surface area (Å²) in [7, 11) is 0. The average molecular weight is 631 g/mol. The molecule has 0 aromatic heterocycles. The Kier molecular flexibility index (Phi) is 26.6. The van der Waals surface area contributed by atoms with Crippen molar-refractivity contribution in [2.45, 2.75) is 206 Å². The highest BCUT2D eigenvalue weighted by molar-refractivity contribution is 5.42. The summed E-state index contributed by atoms with van der Waals surface area (Å²) in [6, 6.07) is 17.4. The zero-order valence-corrected chi connectivity index (χ0v) is 30.7. The first-order chi connectivity index (χ1) is 22.8. The molecule has 0 aliphatic rings. The predicted molar refractivity (Wildman–Crippen MR) is 205 cm³/mol. The van der Waals surface area contributed by atoms with Crippen LogP contribution in [0.5, 0.6) is 0 Å². The molecule has 0 atom stereocenters. The Bertz CT molecular complexity index is 852. The smallest absolute Gasteiger partial charge is 0.0857 e. The largest absolute Gasteiger partial charge is 0.151 e. The molecule has 260 valence electrons. The number of unbranched alkanes of at least 4 members (excludes halogenated alkanes) is 26. The van der Waals surface area contributed by atoms with Crippen molar-refractivity contribution in [3.8, 4) is 0 Å². The van der Waals surface area contributed by atoms with Gasteiger partial charge in [-0.3, -0.25) is 0 Å². The third-order valence-electron chi connectivity index (χ3n) is 9.79. The van der Waals surface area contributed by atoms with Crippen molar-refractivity contribution in [3.05, 3.63) is 59.7 Å². The molecule has 2 nitrogen and oxygen atoms in total. The molecule has 2 aromatic rings. The van der Waals surface area contributed by atoms with Crippen molar-refractivity contribution in [1.82, 2.24) is 0 Å². The molecule has 0 amide bonds. The molecule has 2 aromatic carbocycles. The highest BCUT2D eigenvalue weighted by Crippen LogP contribution is 2.21. The molecule has 2 heteroatoms. The number of hydrogen-bond donors (Lipinski definition) is 0. The Hall–Kier alpha value is -1.96. The fourth-order valence-electron chi connectivity index (χ4n) is 6.62. The molecule has 0 saturated heterocycles. The minimum Gasteiger partial charge on any atom is -0.151 e. The molecule has 46 heavy (non-hydrogen) atoms. The van der Waals surface area contributed by atoms with Crippen LogP contribution in [0.3, 0.4) is 0 Å². The second-order valence-electron chi connectivity index (χ2n) is 14.2. The Labute approximate surface area is 287 Å². The van der Waals surface area contributed by atoms with E-state index in [1.54, 1.807) is 0 Å². The number of azo groups is 1. The molecular weight excluding hydrogens is 556 g/mol. The Balaban J connectivity index is 1.43. The minimum atomic E-state index is 0.941. The van der Waals surface area contributed by atoms with Crippen LogP contribution in [0.15, 0.2) is 58.8 Å². The lowest BCUT2D eigenvalue weighted by Gasteiger charge is -2.04. The van der Waals surface area contributed by atoms with Crippen LogP contribution in [0.1, 0.15) is 205 Å². The van der Waals surface area contributed by atoms with Gasteiger partial charge in [-0.2, -0.15) is 10.2 Å². The summed E-state index contributed by atoms with van der Waals surface area (Å²) in [4.78, 5) is 0. The van der Waals surface area contributed by atoms with E-state index in [2.05, 4.69) is 72.6 Å². The van der Waals surface area contributed by atoms with Gasteiger partial charge in [0.25, 0.3) is 0 Å². The maximum absolute atomic E-state index is 4.49. The first kappa shape index (κ1) is 40.2. The molecule has 0 saturated carbocycles. The molecule has 0 radical (unpaired) electrons. The van der Waals surface area contributed by atoms with E-state index >= 15 is 0 Å². The molecule has 0 unspecified atom stereocenters. The van der Waals surface area contributed by atoms with Crippen molar-refractivity contribution in [1.29, 1.82) is 0 Å². The molecule has 0 aliphatic heterocycles. The Morgan fingerprint density at radius 1 is 0.283 bits per heavy atom. The number of hydrogen-bond acceptors (Lipinski definition) is 2. The van der Waals surface area contributed by atoms with Gasteiger partial charge in [-0.05, 0) is 61.1 Å². The van der Waals surface area contributed by atoms with Gasteiger partial charge in [0.15, 0.2) is 0 Å². The van der Waals surface area contributed by atoms with E-state index in [0.717, 1.165) is 11.4 Å². The van der Waals surface area contributed by atoms with Crippen molar-refractivity contribution in [2.24, 2.45) is 10.2 Å². The molecule has 0 spiro atoms. The molecule has 2 rings (SSSR count). The second kappa shape index (κ2) is 30.4. The Morgan fingerprint density at radius 3 is 0.739 bits per heavy atom. The topological polar surface area (TPSA) is 24.7 Å². The third kappa shape index (κ3) is 23.4. The monoisotopic (exact) mass is 631 g/mol. The molecular formula is C44H74N2. The van der Waals surface area contributed by atoms with E-state index in [0.29, 0.717) is 0 Å². The van der Waals surface area contributed by atoms with E-state index in [4.69, 9.17) is 0 Å². The van der Waals surface area contributed by atoms with Gasteiger partial charge in [0.1, 0.15) is 0 Å². The molecule has 0 bridgehead atoms. The number of benzene rings is 2. The van der Waals surface area contributed by atoms with Crippen molar-refractivity contribution in [2.75, 3.05) is 0 Å². The van der Waals surface area contributed by atoms with Crippen molar-refractivity contribution in [3.63, 3.8) is 0 Å². The standard InChI is InChI=1S/C44H74N2/c1-3-5-7-9-11-13-15-17-19-21-23-25-27-29-31-41-33-37-43(38-34-41)45-46-44-39-35-42(36-40-44)32-30-28-26-24-22-20-18-16-14-12-10-8-6-4-2/h33-40H,3-32H2,1-2H3/b46-45+. The Morgan fingerprint density at radius 2 is 0.500 bits per heavy atom. The highest BCUT2D eigenvalue weighted by Gasteiger charge is 1.99. The summed E-state index contributed by atoms with van der Waals surface area (Å²) in [5.41, 5.74) is 4.73. The lowest BCUT2D eigenvalue weighted by molar-refractivity contribution is 0.535. The van der Waals surface area contributed by atoms with Gasteiger partial charge < -0.3 is 0 Å². The molecule has 0 aliphatic carbocycles. The van der Waals surface area contributed by atoms with Crippen LogP contribution >= 0.6 is 0 Å². The zero-order chi connectivity index (χ0) is 32.6. The highest BCUT2D eigenvalue weighted by atomic mass is 15.1. The SMILES string of the molecule is CCCCCCCCCCCCCCCCc1ccc(/N=N/c2ccc(CCCCCCCCCCCCCCCC)cc2)cc1. The normalized spacial score (nSPS) is 11.6. The maximum Gasteiger partial charge on any atom is 0.0857 e. The fourth-order valence-corrected chi connectivity index (χ4v) is 6.62. The quantitative estimate of drug-likeness (QED) is 0.0567. The van der Waals surface area contributed by atoms with Crippen molar-refractivity contribution < 1.29 is 0 Å². The van der Waals surface area contributed by atoms with Crippen LogP contribution in [-0.4, -0.2) is 0 Å². The van der Waals surface area contributed by atoms with Crippen LogP contribution in [0.2, 0.25) is 0 Å². The van der Waals surface area contributed by atoms with E-state index in [-0.39, 0.29) is 0 Å². The van der Waals surface area contributed by atoms with Crippen molar-refractivity contribution >= 4 is 11.4 Å². The molecule has 0 fully saturated rings. The van der Waals surface area contributed by atoms with Gasteiger partial charge in [0.2, 0.25) is 0 Å². The van der Waals surface area contributed by atoms with Crippen LogP contribution in [0.4, 0.5) is 11.4 Å². The van der Waals surface area contributed by atoms with E-state index < -0.39 is 0 Å². The summed E-state index contributed by atoms with van der Waals surface area (Å²) in [6.45, 7) is 4.60. The predicted octanol–water partition coefficient (Wildman–Crippen LogP) is 16.1. The van der Waals surface area contributed by atoms with Crippen LogP contribution in [-0.2, 0) is 12.8 Å². The van der Waals surface area contributed by atoms with Crippen LogP contribution in [0, 0.1) is 0 Å². The lowest BCUT2D eigenvalue weighted by atomic mass is 10.0. The molecule has 0 heterocycles. The van der Waals surface area contributed by atoms with Crippen LogP contribution < -0.4 is 0 Å². The second-order valence-corrected chi connectivity index (χ2v) is 14.2. The number of rotatable bonds is 32. The maximum atomic E-state index is 4.49. The number of nitrogens with zero attached hydrogens (tertiary/aromatic N) is 2. The van der Waals surface area contributed by atoms with E-state index in [9.17, 15) is 0 Å².